The van der Waals surface area contributed by atoms with Crippen molar-refractivity contribution in [3.8, 4) is 11.4 Å². The van der Waals surface area contributed by atoms with Gasteiger partial charge in [0.2, 0.25) is 0 Å². The van der Waals surface area contributed by atoms with Crippen LogP contribution in [-0.4, -0.2) is 25.7 Å². The van der Waals surface area contributed by atoms with Gasteiger partial charge in [-0.1, -0.05) is 18.2 Å². The Morgan fingerprint density at radius 1 is 0.870 bits per heavy atom. The van der Waals surface area contributed by atoms with Crippen molar-refractivity contribution >= 4 is 27.7 Å². The Labute approximate surface area is 127 Å². The van der Waals surface area contributed by atoms with Crippen LogP contribution in [0, 0.1) is 0 Å². The highest BCUT2D eigenvalue weighted by molar-refractivity contribution is 6.13. The molecule has 2 aromatic heterocycles. The van der Waals surface area contributed by atoms with E-state index in [9.17, 15) is 14.4 Å². The molecule has 0 aliphatic carbocycles. The summed E-state index contributed by atoms with van der Waals surface area (Å²) >= 11 is 0. The molecule has 0 saturated carbocycles. The number of H-pyrrole nitrogens is 2. The van der Waals surface area contributed by atoms with E-state index >= 15 is 0 Å². The van der Waals surface area contributed by atoms with Gasteiger partial charge in [0.15, 0.2) is 0 Å². The Morgan fingerprint density at radius 3 is 2.26 bits per heavy atom. The fraction of sp³-hybridized carbons (Fsp3) is 0. The van der Waals surface area contributed by atoms with E-state index in [0.29, 0.717) is 22.4 Å². The molecule has 4 aromatic rings. The smallest absolute Gasteiger partial charge is 0.268 e. The van der Waals surface area contributed by atoms with E-state index in [-0.39, 0.29) is 16.7 Å². The molecule has 0 atom stereocenters. The zero-order valence-electron chi connectivity index (χ0n) is 11.6. The number of fused-ring (bicyclic) bond motifs is 6. The first-order chi connectivity index (χ1) is 11.1. The van der Waals surface area contributed by atoms with Crippen LogP contribution in [0.3, 0.4) is 0 Å². The summed E-state index contributed by atoms with van der Waals surface area (Å²) in [6, 6.07) is 10.3. The quantitative estimate of drug-likeness (QED) is 0.449. The lowest BCUT2D eigenvalue weighted by Gasteiger charge is -2.00. The van der Waals surface area contributed by atoms with Crippen LogP contribution in [0.5, 0.6) is 0 Å². The highest BCUT2D eigenvalue weighted by atomic mass is 16.2. The lowest BCUT2D eigenvalue weighted by molar-refractivity contribution is 0.0973. The molecule has 110 valence electrons. The lowest BCUT2D eigenvalue weighted by atomic mass is 10.1. The summed E-state index contributed by atoms with van der Waals surface area (Å²) in [6.07, 6.45) is 0. The molecule has 3 heterocycles. The maximum absolute atomic E-state index is 12.6. The Morgan fingerprint density at radius 2 is 1.52 bits per heavy atom. The van der Waals surface area contributed by atoms with E-state index < -0.39 is 11.1 Å². The fourth-order valence-electron chi connectivity index (χ4n) is 3.12. The molecule has 0 saturated heterocycles. The first-order valence-electron chi connectivity index (χ1n) is 6.96. The average molecular weight is 304 g/mol. The summed E-state index contributed by atoms with van der Waals surface area (Å²) in [6.45, 7) is 0. The Balaban J connectivity index is 1.99. The number of carbonyl (C=O) groups is 1. The molecule has 7 heteroatoms. The van der Waals surface area contributed by atoms with Crippen LogP contribution >= 0.6 is 0 Å². The molecular weight excluding hydrogens is 296 g/mol. The molecule has 0 unspecified atom stereocenters. The lowest BCUT2D eigenvalue weighted by Crippen LogP contribution is -2.19. The number of benzene rings is 2. The minimum absolute atomic E-state index is 0.182. The number of hydrogen-bond acceptors (Lipinski definition) is 4. The normalized spacial score (nSPS) is 12.8. The second-order valence-corrected chi connectivity index (χ2v) is 5.42. The third-order valence-corrected chi connectivity index (χ3v) is 4.17. The topological polar surface area (TPSA) is 101 Å². The van der Waals surface area contributed by atoms with Gasteiger partial charge in [0, 0.05) is 5.56 Å². The third-order valence-electron chi connectivity index (χ3n) is 4.17. The van der Waals surface area contributed by atoms with Crippen LogP contribution in [0.1, 0.15) is 10.4 Å². The number of nitrogens with one attached hydrogen (secondary N) is 2. The van der Waals surface area contributed by atoms with E-state index in [4.69, 9.17) is 0 Å². The maximum Gasteiger partial charge on any atom is 0.270 e. The van der Waals surface area contributed by atoms with Crippen molar-refractivity contribution in [3.05, 3.63) is 62.7 Å². The Bertz CT molecular complexity index is 1280. The third kappa shape index (κ3) is 1.38. The molecule has 1 aliphatic rings. The van der Waals surface area contributed by atoms with Gasteiger partial charge in [0.1, 0.15) is 5.82 Å². The molecule has 2 N–H and O–H groups in total. The van der Waals surface area contributed by atoms with Crippen molar-refractivity contribution in [3.63, 3.8) is 0 Å². The summed E-state index contributed by atoms with van der Waals surface area (Å²) in [4.78, 5) is 40.9. The number of aromatic amines is 2. The Hall–Kier alpha value is -3.48. The number of nitrogens with zero attached hydrogens (tertiary/aromatic N) is 2. The van der Waals surface area contributed by atoms with Gasteiger partial charge in [-0.05, 0) is 18.2 Å². The predicted octanol–water partition coefficient (Wildman–Crippen LogP) is 1.23. The molecule has 2 aromatic carbocycles. The van der Waals surface area contributed by atoms with Gasteiger partial charge < -0.3 is 0 Å². The molecule has 0 spiro atoms. The SMILES string of the molecule is O=C1c2ccccc2-c2nc3cc4c(=O)[nH][nH]c(=O)c4cc3n21. The van der Waals surface area contributed by atoms with Crippen molar-refractivity contribution < 1.29 is 4.79 Å². The Kier molecular flexibility index (Phi) is 2.02. The first-order valence-corrected chi connectivity index (χ1v) is 6.96. The monoisotopic (exact) mass is 304 g/mol. The van der Waals surface area contributed by atoms with E-state index in [0.717, 1.165) is 5.56 Å². The van der Waals surface area contributed by atoms with Crippen LogP contribution in [0.15, 0.2) is 46.0 Å². The van der Waals surface area contributed by atoms with E-state index in [1.165, 1.54) is 4.57 Å². The summed E-state index contributed by atoms with van der Waals surface area (Å²) in [5.41, 5.74) is 1.54. The largest absolute Gasteiger partial charge is 0.270 e. The molecule has 0 amide bonds. The molecule has 1 aliphatic heterocycles. The van der Waals surface area contributed by atoms with Gasteiger partial charge in [0.05, 0.1) is 27.4 Å². The summed E-state index contributed by atoms with van der Waals surface area (Å²) in [5.74, 6) is 0.350. The minimum Gasteiger partial charge on any atom is -0.268 e. The van der Waals surface area contributed by atoms with Crippen molar-refractivity contribution in [1.82, 2.24) is 19.7 Å². The van der Waals surface area contributed by atoms with Gasteiger partial charge in [-0.15, -0.1) is 0 Å². The van der Waals surface area contributed by atoms with Crippen LogP contribution in [0.2, 0.25) is 0 Å². The molecule has 5 rings (SSSR count). The maximum atomic E-state index is 12.6. The molecule has 0 bridgehead atoms. The molecule has 0 radical (unpaired) electrons. The number of rotatable bonds is 0. The van der Waals surface area contributed by atoms with Gasteiger partial charge in [-0.25, -0.2) is 4.98 Å². The van der Waals surface area contributed by atoms with E-state index in [2.05, 4.69) is 15.2 Å². The van der Waals surface area contributed by atoms with Gasteiger partial charge in [-0.2, -0.15) is 0 Å². The highest BCUT2D eigenvalue weighted by Crippen LogP contribution is 2.34. The van der Waals surface area contributed by atoms with Crippen LogP contribution in [0.4, 0.5) is 0 Å². The van der Waals surface area contributed by atoms with Gasteiger partial charge in [0.25, 0.3) is 17.0 Å². The van der Waals surface area contributed by atoms with Crippen LogP contribution in [0.25, 0.3) is 33.2 Å². The first kappa shape index (κ1) is 12.1. The van der Waals surface area contributed by atoms with Crippen molar-refractivity contribution in [2.24, 2.45) is 0 Å². The zero-order valence-corrected chi connectivity index (χ0v) is 11.6. The van der Waals surface area contributed by atoms with Crippen LogP contribution < -0.4 is 11.1 Å². The minimum atomic E-state index is -0.417. The summed E-state index contributed by atoms with van der Waals surface area (Å²) in [5, 5.41) is 5.05. The molecule has 23 heavy (non-hydrogen) atoms. The van der Waals surface area contributed by atoms with Crippen molar-refractivity contribution in [1.29, 1.82) is 0 Å². The van der Waals surface area contributed by atoms with Gasteiger partial charge >= 0.3 is 0 Å². The van der Waals surface area contributed by atoms with Gasteiger partial charge in [-0.3, -0.25) is 29.1 Å². The summed E-state index contributed by atoms with van der Waals surface area (Å²) in [7, 11) is 0. The average Bonchev–Trinajstić information content (AvgIpc) is 3.06. The number of imidazole rings is 1. The summed E-state index contributed by atoms with van der Waals surface area (Å²) < 4.78 is 1.49. The van der Waals surface area contributed by atoms with Crippen molar-refractivity contribution in [2.45, 2.75) is 0 Å². The van der Waals surface area contributed by atoms with Crippen molar-refractivity contribution in [2.75, 3.05) is 0 Å². The highest BCUT2D eigenvalue weighted by Gasteiger charge is 2.29. The number of aromatic nitrogens is 4. The standard InChI is InChI=1S/C16H8N4O3/c21-14-9-5-11-12(6-10(9)15(22)19-18-14)20-13(17-11)7-3-1-2-4-8(7)16(20)23/h1-6H,(H,18,21)(H,19,22). The molecule has 0 fully saturated rings. The molecule has 7 nitrogen and oxygen atoms in total. The van der Waals surface area contributed by atoms with Crippen LogP contribution in [-0.2, 0) is 0 Å². The molecular formula is C16H8N4O3. The van der Waals surface area contributed by atoms with E-state index in [1.807, 2.05) is 12.1 Å². The van der Waals surface area contributed by atoms with E-state index in [1.54, 1.807) is 24.3 Å². The zero-order chi connectivity index (χ0) is 15.7. The fourth-order valence-corrected chi connectivity index (χ4v) is 3.12. The predicted molar refractivity (Wildman–Crippen MR) is 83.6 cm³/mol. The second kappa shape index (κ2) is 3.83. The number of carbonyl (C=O) groups excluding carboxylic acids is 1. The number of hydrogen-bond donors (Lipinski definition) is 2. The second-order valence-electron chi connectivity index (χ2n) is 5.42.